The van der Waals surface area contributed by atoms with Gasteiger partial charge in [0.2, 0.25) is 5.89 Å². The normalized spacial score (nSPS) is 11.7. The van der Waals surface area contributed by atoms with Gasteiger partial charge in [0.1, 0.15) is 5.52 Å². The maximum atomic E-state index is 12.8. The van der Waals surface area contributed by atoms with Crippen LogP contribution in [0.3, 0.4) is 0 Å². The number of fused-ring (bicyclic) bond motifs is 1. The fourth-order valence-corrected chi connectivity index (χ4v) is 2.47. The van der Waals surface area contributed by atoms with Crippen LogP contribution in [0.1, 0.15) is 32.5 Å². The fraction of sp³-hybridized carbons (Fsp3) is 0.158. The summed E-state index contributed by atoms with van der Waals surface area (Å²) in [4.78, 5) is 30.5. The minimum atomic E-state index is -1.17. The minimum absolute atomic E-state index is 0.0537. The summed E-state index contributed by atoms with van der Waals surface area (Å²) in [6.45, 7) is 0. The molecule has 0 spiro atoms. The molecule has 1 atom stereocenters. The summed E-state index contributed by atoms with van der Waals surface area (Å²) < 4.78 is 5.55. The molecule has 0 saturated carbocycles. The smallest absolute Gasteiger partial charge is 0.253 e. The first-order valence-electron chi connectivity index (χ1n) is 7.62. The van der Waals surface area contributed by atoms with Gasteiger partial charge in [-0.1, -0.05) is 24.3 Å². The molecule has 124 valence electrons. The van der Waals surface area contributed by atoms with Crippen molar-refractivity contribution in [1.29, 1.82) is 5.26 Å². The van der Waals surface area contributed by atoms with Crippen LogP contribution < -0.4 is 0 Å². The third kappa shape index (κ3) is 3.12. The van der Waals surface area contributed by atoms with Crippen molar-refractivity contribution in [2.24, 2.45) is 0 Å². The van der Waals surface area contributed by atoms with Crippen molar-refractivity contribution < 1.29 is 14.0 Å². The van der Waals surface area contributed by atoms with Crippen molar-refractivity contribution >= 4 is 22.8 Å². The Kier molecular flexibility index (Phi) is 4.31. The molecule has 1 aromatic heterocycles. The molecule has 2 aromatic carbocycles. The Hall–Kier alpha value is -3.46. The molecule has 0 saturated heterocycles. The van der Waals surface area contributed by atoms with Crippen LogP contribution in [0.5, 0.6) is 0 Å². The second-order valence-corrected chi connectivity index (χ2v) is 5.73. The SMILES string of the molecule is CN(C)C(=O)c1cccc(C(=O)[C@H](C#N)c2nc3ccccc3o2)c1. The van der Waals surface area contributed by atoms with Crippen molar-refractivity contribution in [3.8, 4) is 6.07 Å². The Morgan fingerprint density at radius 1 is 1.12 bits per heavy atom. The van der Waals surface area contributed by atoms with E-state index in [9.17, 15) is 14.9 Å². The number of para-hydroxylation sites is 2. The molecule has 0 aliphatic carbocycles. The lowest BCUT2D eigenvalue weighted by molar-refractivity contribution is 0.0827. The van der Waals surface area contributed by atoms with Gasteiger partial charge < -0.3 is 9.32 Å². The number of amides is 1. The second-order valence-electron chi connectivity index (χ2n) is 5.73. The van der Waals surface area contributed by atoms with Crippen molar-refractivity contribution in [3.05, 3.63) is 65.5 Å². The summed E-state index contributed by atoms with van der Waals surface area (Å²) in [5.41, 5.74) is 1.75. The van der Waals surface area contributed by atoms with Gasteiger partial charge >= 0.3 is 0 Å². The van der Waals surface area contributed by atoms with E-state index in [1.165, 1.54) is 11.0 Å². The van der Waals surface area contributed by atoms with Crippen LogP contribution in [0.4, 0.5) is 0 Å². The van der Waals surface area contributed by atoms with Gasteiger partial charge in [0.25, 0.3) is 5.91 Å². The average Bonchev–Trinajstić information content (AvgIpc) is 3.05. The van der Waals surface area contributed by atoms with E-state index in [1.54, 1.807) is 56.6 Å². The van der Waals surface area contributed by atoms with Gasteiger partial charge in [-0.15, -0.1) is 0 Å². The highest BCUT2D eigenvalue weighted by Gasteiger charge is 2.27. The maximum absolute atomic E-state index is 12.8. The topological polar surface area (TPSA) is 87.2 Å². The molecule has 1 heterocycles. The Balaban J connectivity index is 1.97. The molecule has 0 N–H and O–H groups in total. The van der Waals surface area contributed by atoms with Crippen LogP contribution >= 0.6 is 0 Å². The molecule has 25 heavy (non-hydrogen) atoms. The van der Waals surface area contributed by atoms with E-state index in [1.807, 2.05) is 6.07 Å². The van der Waals surface area contributed by atoms with E-state index in [4.69, 9.17) is 4.42 Å². The van der Waals surface area contributed by atoms with Gasteiger partial charge in [-0.3, -0.25) is 9.59 Å². The predicted octanol–water partition coefficient (Wildman–Crippen LogP) is 3.02. The molecule has 0 radical (unpaired) electrons. The lowest BCUT2D eigenvalue weighted by Crippen LogP contribution is -2.22. The molecule has 0 fully saturated rings. The third-order valence-corrected chi connectivity index (χ3v) is 3.75. The zero-order valence-electron chi connectivity index (χ0n) is 13.8. The molecule has 6 nitrogen and oxygen atoms in total. The third-order valence-electron chi connectivity index (χ3n) is 3.75. The first-order chi connectivity index (χ1) is 12.0. The Labute approximate surface area is 144 Å². The monoisotopic (exact) mass is 333 g/mol. The molecule has 0 unspecified atom stereocenters. The number of Topliss-reactive ketones (excluding diaryl/α,β-unsaturated/α-hetero) is 1. The zero-order chi connectivity index (χ0) is 18.0. The van der Waals surface area contributed by atoms with Crippen LogP contribution in [0.2, 0.25) is 0 Å². The van der Waals surface area contributed by atoms with E-state index >= 15 is 0 Å². The number of oxazole rings is 1. The Morgan fingerprint density at radius 2 is 1.84 bits per heavy atom. The van der Waals surface area contributed by atoms with Crippen LogP contribution in [0.15, 0.2) is 52.9 Å². The highest BCUT2D eigenvalue weighted by atomic mass is 16.3. The number of rotatable bonds is 4. The first kappa shape index (κ1) is 16.4. The lowest BCUT2D eigenvalue weighted by Gasteiger charge is -2.11. The van der Waals surface area contributed by atoms with Crippen LogP contribution in [-0.4, -0.2) is 35.7 Å². The summed E-state index contributed by atoms with van der Waals surface area (Å²) in [6, 6.07) is 15.3. The van der Waals surface area contributed by atoms with E-state index in [0.717, 1.165) is 0 Å². The van der Waals surface area contributed by atoms with E-state index in [-0.39, 0.29) is 17.4 Å². The zero-order valence-corrected chi connectivity index (χ0v) is 13.8. The van der Waals surface area contributed by atoms with E-state index < -0.39 is 11.7 Å². The largest absolute Gasteiger partial charge is 0.439 e. The van der Waals surface area contributed by atoms with Crippen molar-refractivity contribution in [2.75, 3.05) is 14.1 Å². The number of aromatic nitrogens is 1. The molecule has 6 heteroatoms. The lowest BCUT2D eigenvalue weighted by atomic mass is 9.97. The summed E-state index contributed by atoms with van der Waals surface area (Å²) in [5.74, 6) is -1.79. The molecule has 3 rings (SSSR count). The van der Waals surface area contributed by atoms with Crippen molar-refractivity contribution in [3.63, 3.8) is 0 Å². The second kappa shape index (κ2) is 6.57. The maximum Gasteiger partial charge on any atom is 0.253 e. The van der Waals surface area contributed by atoms with Crippen molar-refractivity contribution in [1.82, 2.24) is 9.88 Å². The Morgan fingerprint density at radius 3 is 2.52 bits per heavy atom. The fourth-order valence-electron chi connectivity index (χ4n) is 2.47. The number of carbonyl (C=O) groups is 2. The molecule has 0 aliphatic heterocycles. The van der Waals surface area contributed by atoms with E-state index in [2.05, 4.69) is 4.98 Å². The molecular formula is C19H15N3O3. The minimum Gasteiger partial charge on any atom is -0.439 e. The molecule has 3 aromatic rings. The predicted molar refractivity (Wildman–Crippen MR) is 91.2 cm³/mol. The van der Waals surface area contributed by atoms with Crippen LogP contribution in [0, 0.1) is 11.3 Å². The summed E-state index contributed by atoms with van der Waals surface area (Å²) >= 11 is 0. The number of carbonyl (C=O) groups excluding carboxylic acids is 2. The number of hydrogen-bond acceptors (Lipinski definition) is 5. The first-order valence-corrected chi connectivity index (χ1v) is 7.62. The van der Waals surface area contributed by atoms with Gasteiger partial charge in [0.05, 0.1) is 6.07 Å². The van der Waals surface area contributed by atoms with Gasteiger partial charge in [-0.25, -0.2) is 4.98 Å². The number of ketones is 1. The van der Waals surface area contributed by atoms with Gasteiger partial charge in [0, 0.05) is 25.2 Å². The Bertz CT molecular complexity index is 965. The quantitative estimate of drug-likeness (QED) is 0.685. The van der Waals surface area contributed by atoms with Gasteiger partial charge in [-0.05, 0) is 24.3 Å². The number of hydrogen-bond donors (Lipinski definition) is 0. The summed E-state index contributed by atoms with van der Waals surface area (Å²) in [7, 11) is 3.26. The standard InChI is InChI=1S/C19H15N3O3/c1-22(2)19(24)13-7-5-6-12(10-13)17(23)14(11-20)18-21-15-8-3-4-9-16(15)25-18/h3-10,14H,1-2H3/t14-/m0/s1. The molecule has 1 amide bonds. The summed E-state index contributed by atoms with van der Waals surface area (Å²) in [6.07, 6.45) is 0. The molecule has 0 aliphatic rings. The molecular weight excluding hydrogens is 318 g/mol. The number of nitrogens with zero attached hydrogens (tertiary/aromatic N) is 3. The number of benzene rings is 2. The summed E-state index contributed by atoms with van der Waals surface area (Å²) in [5, 5.41) is 9.46. The number of nitriles is 1. The van der Waals surface area contributed by atoms with Gasteiger partial charge in [0.15, 0.2) is 17.3 Å². The van der Waals surface area contributed by atoms with E-state index in [0.29, 0.717) is 16.7 Å². The van der Waals surface area contributed by atoms with Crippen LogP contribution in [0.25, 0.3) is 11.1 Å². The van der Waals surface area contributed by atoms with Crippen molar-refractivity contribution in [2.45, 2.75) is 5.92 Å². The average molecular weight is 333 g/mol. The molecule has 0 bridgehead atoms. The highest BCUT2D eigenvalue weighted by Crippen LogP contribution is 2.24. The van der Waals surface area contributed by atoms with Crippen LogP contribution in [-0.2, 0) is 0 Å². The van der Waals surface area contributed by atoms with Gasteiger partial charge in [-0.2, -0.15) is 5.26 Å². The highest BCUT2D eigenvalue weighted by molar-refractivity contribution is 6.04.